The lowest BCUT2D eigenvalue weighted by Crippen LogP contribution is -2.54. The van der Waals surface area contributed by atoms with Gasteiger partial charge in [-0.05, 0) is 12.8 Å². The van der Waals surface area contributed by atoms with Gasteiger partial charge in [-0.25, -0.2) is 0 Å². The van der Waals surface area contributed by atoms with Crippen LogP contribution in [0.3, 0.4) is 0 Å². The summed E-state index contributed by atoms with van der Waals surface area (Å²) < 4.78 is 0. The Labute approximate surface area is 81.1 Å². The van der Waals surface area contributed by atoms with Crippen LogP contribution >= 0.6 is 0 Å². The van der Waals surface area contributed by atoms with Gasteiger partial charge in [-0.1, -0.05) is 0 Å². The molecule has 1 rings (SSSR count). The Morgan fingerprint density at radius 2 is 1.64 bits per heavy atom. The van der Waals surface area contributed by atoms with Crippen LogP contribution in [-0.4, -0.2) is 67.3 Å². The van der Waals surface area contributed by atoms with Gasteiger partial charge in [0.1, 0.15) is 23.9 Å². The Morgan fingerprint density at radius 1 is 1.07 bits per heavy atom. The molecule has 0 bridgehead atoms. The molecule has 0 saturated heterocycles. The van der Waals surface area contributed by atoms with Gasteiger partial charge in [0.15, 0.2) is 0 Å². The van der Waals surface area contributed by atoms with Crippen molar-refractivity contribution in [1.82, 2.24) is 0 Å². The number of hydrogen-bond donors (Lipinski definition) is 6. The summed E-state index contributed by atoms with van der Waals surface area (Å²) in [6, 6.07) is 0. The molecule has 0 aromatic carbocycles. The third-order valence-electron chi connectivity index (χ3n) is 2.76. The molecule has 84 valence electrons. The minimum Gasteiger partial charge on any atom is -0.393 e. The van der Waals surface area contributed by atoms with Crippen LogP contribution in [0, 0.1) is 0 Å². The summed E-state index contributed by atoms with van der Waals surface area (Å²) in [6.45, 7) is -0.731. The normalized spacial score (nSPS) is 50.1. The van der Waals surface area contributed by atoms with E-state index in [-0.39, 0.29) is 12.8 Å². The highest BCUT2D eigenvalue weighted by atomic mass is 16.4. The van der Waals surface area contributed by atoms with Crippen molar-refractivity contribution < 1.29 is 30.6 Å². The van der Waals surface area contributed by atoms with Crippen molar-refractivity contribution in [2.45, 2.75) is 42.9 Å². The summed E-state index contributed by atoms with van der Waals surface area (Å²) in [5.74, 6) is 0. The predicted octanol–water partition coefficient (Wildman–Crippen LogP) is -3.05. The van der Waals surface area contributed by atoms with Crippen molar-refractivity contribution in [2.24, 2.45) is 0 Å². The SMILES string of the molecule is OC[C@@]1(O)CC[C@H](O)[C@H](O)[C@@H](O)[C@@H]1O. The van der Waals surface area contributed by atoms with Crippen LogP contribution in [0.5, 0.6) is 0 Å². The third kappa shape index (κ3) is 1.90. The van der Waals surface area contributed by atoms with Crippen LogP contribution in [0.2, 0.25) is 0 Å². The second kappa shape index (κ2) is 4.09. The van der Waals surface area contributed by atoms with E-state index in [9.17, 15) is 25.5 Å². The summed E-state index contributed by atoms with van der Waals surface area (Å²) in [7, 11) is 0. The van der Waals surface area contributed by atoms with E-state index < -0.39 is 36.6 Å². The average molecular weight is 208 g/mol. The standard InChI is InChI=1S/C8H16O6/c9-3-8(14)2-1-4(10)5(11)6(12)7(8)13/h4-7,9-14H,1-3H2/t4-,5-,6+,7-,8-/m0/s1. The Morgan fingerprint density at radius 3 is 2.14 bits per heavy atom. The zero-order valence-electron chi connectivity index (χ0n) is 7.61. The molecule has 1 saturated carbocycles. The van der Waals surface area contributed by atoms with Crippen molar-refractivity contribution >= 4 is 0 Å². The number of aliphatic hydroxyl groups is 6. The van der Waals surface area contributed by atoms with E-state index in [0.717, 1.165) is 0 Å². The smallest absolute Gasteiger partial charge is 0.116 e. The molecule has 0 amide bonds. The fourth-order valence-corrected chi connectivity index (χ4v) is 1.62. The first kappa shape index (κ1) is 11.8. The van der Waals surface area contributed by atoms with Crippen molar-refractivity contribution in [3.05, 3.63) is 0 Å². The minimum atomic E-state index is -1.86. The van der Waals surface area contributed by atoms with Crippen LogP contribution in [0.4, 0.5) is 0 Å². The number of hydrogen-bond acceptors (Lipinski definition) is 6. The van der Waals surface area contributed by atoms with Crippen LogP contribution in [0.25, 0.3) is 0 Å². The highest BCUT2D eigenvalue weighted by Gasteiger charge is 2.46. The van der Waals surface area contributed by atoms with Crippen molar-refractivity contribution in [1.29, 1.82) is 0 Å². The maximum Gasteiger partial charge on any atom is 0.116 e. The fraction of sp³-hybridized carbons (Fsp3) is 1.00. The zero-order valence-corrected chi connectivity index (χ0v) is 7.61. The van der Waals surface area contributed by atoms with Crippen LogP contribution in [-0.2, 0) is 0 Å². The predicted molar refractivity (Wildman–Crippen MR) is 45.3 cm³/mol. The number of rotatable bonds is 1. The molecular formula is C8H16O6. The Bertz CT molecular complexity index is 198. The van der Waals surface area contributed by atoms with Crippen molar-refractivity contribution in [2.75, 3.05) is 6.61 Å². The van der Waals surface area contributed by atoms with Crippen molar-refractivity contribution in [3.8, 4) is 0 Å². The molecule has 5 atom stereocenters. The lowest BCUT2D eigenvalue weighted by Gasteiger charge is -2.32. The van der Waals surface area contributed by atoms with Crippen LogP contribution in [0.15, 0.2) is 0 Å². The van der Waals surface area contributed by atoms with E-state index in [0.29, 0.717) is 0 Å². The van der Waals surface area contributed by atoms with Gasteiger partial charge in [0, 0.05) is 0 Å². The van der Waals surface area contributed by atoms with Gasteiger partial charge in [0.05, 0.1) is 12.7 Å². The molecule has 0 spiro atoms. The molecule has 0 aromatic rings. The summed E-state index contributed by atoms with van der Waals surface area (Å²) in [6.07, 6.45) is -6.12. The first-order valence-electron chi connectivity index (χ1n) is 4.48. The minimum absolute atomic E-state index is 0.00630. The summed E-state index contributed by atoms with van der Waals surface area (Å²) >= 11 is 0. The van der Waals surface area contributed by atoms with E-state index in [1.165, 1.54) is 0 Å². The molecule has 0 aliphatic heterocycles. The summed E-state index contributed by atoms with van der Waals surface area (Å²) in [4.78, 5) is 0. The third-order valence-corrected chi connectivity index (χ3v) is 2.76. The lowest BCUT2D eigenvalue weighted by atomic mass is 9.91. The first-order valence-corrected chi connectivity index (χ1v) is 4.48. The molecule has 0 aromatic heterocycles. The molecule has 6 heteroatoms. The Balaban J connectivity index is 2.86. The van der Waals surface area contributed by atoms with Gasteiger partial charge in [0.25, 0.3) is 0 Å². The van der Waals surface area contributed by atoms with Crippen LogP contribution in [0.1, 0.15) is 12.8 Å². The van der Waals surface area contributed by atoms with Crippen LogP contribution < -0.4 is 0 Å². The van der Waals surface area contributed by atoms with E-state index in [1.54, 1.807) is 0 Å². The molecule has 1 aliphatic carbocycles. The second-order valence-electron chi connectivity index (χ2n) is 3.79. The van der Waals surface area contributed by atoms with Gasteiger partial charge in [-0.15, -0.1) is 0 Å². The fourth-order valence-electron chi connectivity index (χ4n) is 1.62. The van der Waals surface area contributed by atoms with Crippen molar-refractivity contribution in [3.63, 3.8) is 0 Å². The quantitative estimate of drug-likeness (QED) is 0.255. The van der Waals surface area contributed by atoms with E-state index in [2.05, 4.69) is 0 Å². The summed E-state index contributed by atoms with van der Waals surface area (Å²) in [5.41, 5.74) is -1.86. The largest absolute Gasteiger partial charge is 0.393 e. The molecular weight excluding hydrogens is 192 g/mol. The van der Waals surface area contributed by atoms with E-state index >= 15 is 0 Å². The molecule has 0 heterocycles. The first-order chi connectivity index (χ1) is 6.42. The van der Waals surface area contributed by atoms with Gasteiger partial charge in [-0.3, -0.25) is 0 Å². The highest BCUT2D eigenvalue weighted by Crippen LogP contribution is 2.27. The monoisotopic (exact) mass is 208 g/mol. The van der Waals surface area contributed by atoms with Gasteiger partial charge in [-0.2, -0.15) is 0 Å². The second-order valence-corrected chi connectivity index (χ2v) is 3.79. The molecule has 14 heavy (non-hydrogen) atoms. The summed E-state index contributed by atoms with van der Waals surface area (Å²) in [5, 5.41) is 55.8. The molecule has 1 fully saturated rings. The lowest BCUT2D eigenvalue weighted by molar-refractivity contribution is -0.165. The number of aliphatic hydroxyl groups excluding tert-OH is 5. The average Bonchev–Trinajstić information content (AvgIpc) is 2.26. The topological polar surface area (TPSA) is 121 Å². The zero-order chi connectivity index (χ0) is 10.9. The highest BCUT2D eigenvalue weighted by molar-refractivity contribution is 4.98. The van der Waals surface area contributed by atoms with Gasteiger partial charge < -0.3 is 30.6 Å². The van der Waals surface area contributed by atoms with E-state index in [4.69, 9.17) is 5.11 Å². The van der Waals surface area contributed by atoms with Gasteiger partial charge in [0.2, 0.25) is 0 Å². The van der Waals surface area contributed by atoms with Gasteiger partial charge >= 0.3 is 0 Å². The molecule has 0 radical (unpaired) electrons. The Hall–Kier alpha value is -0.240. The molecule has 6 nitrogen and oxygen atoms in total. The Kier molecular flexibility index (Phi) is 3.46. The van der Waals surface area contributed by atoms with E-state index in [1.807, 2.05) is 0 Å². The maximum absolute atomic E-state index is 9.65. The molecule has 0 unspecified atom stereocenters. The maximum atomic E-state index is 9.65. The molecule has 6 N–H and O–H groups in total. The molecule has 1 aliphatic rings.